The predicted octanol–water partition coefficient (Wildman–Crippen LogP) is 3.92. The summed E-state index contributed by atoms with van der Waals surface area (Å²) in [6, 6.07) is 11.7. The third-order valence-electron chi connectivity index (χ3n) is 3.35. The Morgan fingerprint density at radius 1 is 1.05 bits per heavy atom. The van der Waals surface area contributed by atoms with Gasteiger partial charge < -0.3 is 11.1 Å². The largest absolute Gasteiger partial charge is 0.399 e. The summed E-state index contributed by atoms with van der Waals surface area (Å²) in [4.78, 5) is 13.1. The maximum Gasteiger partial charge on any atom is 0.234 e. The molecule has 0 bridgehead atoms. The summed E-state index contributed by atoms with van der Waals surface area (Å²) >= 11 is 1.52. The molecule has 0 saturated carbocycles. The minimum atomic E-state index is -0.000483. The van der Waals surface area contributed by atoms with E-state index in [1.165, 1.54) is 22.9 Å². The van der Waals surface area contributed by atoms with Gasteiger partial charge in [-0.1, -0.05) is 6.07 Å². The van der Waals surface area contributed by atoms with Crippen LogP contribution in [0.2, 0.25) is 0 Å². The number of hydrogen-bond donors (Lipinski definition) is 2. The van der Waals surface area contributed by atoms with Gasteiger partial charge in [-0.25, -0.2) is 0 Å². The maximum atomic E-state index is 12.0. The Labute approximate surface area is 129 Å². The van der Waals surface area contributed by atoms with Crippen molar-refractivity contribution in [3.63, 3.8) is 0 Å². The lowest BCUT2D eigenvalue weighted by Crippen LogP contribution is -2.14. The smallest absolute Gasteiger partial charge is 0.234 e. The van der Waals surface area contributed by atoms with Crippen molar-refractivity contribution in [1.82, 2.24) is 0 Å². The van der Waals surface area contributed by atoms with Crippen LogP contribution in [0, 0.1) is 20.8 Å². The van der Waals surface area contributed by atoms with Crippen LogP contribution in [0.3, 0.4) is 0 Å². The number of nitrogen functional groups attached to an aromatic ring is 1. The zero-order valence-corrected chi connectivity index (χ0v) is 13.4. The van der Waals surface area contributed by atoms with Crippen molar-refractivity contribution in [2.45, 2.75) is 25.7 Å². The van der Waals surface area contributed by atoms with E-state index in [2.05, 4.69) is 12.2 Å². The summed E-state index contributed by atoms with van der Waals surface area (Å²) < 4.78 is 0. The van der Waals surface area contributed by atoms with Gasteiger partial charge in [0.25, 0.3) is 0 Å². The quantitative estimate of drug-likeness (QED) is 0.664. The van der Waals surface area contributed by atoms with E-state index in [-0.39, 0.29) is 5.91 Å². The zero-order valence-electron chi connectivity index (χ0n) is 12.6. The van der Waals surface area contributed by atoms with Gasteiger partial charge in [0, 0.05) is 16.3 Å². The molecule has 0 fully saturated rings. The highest BCUT2D eigenvalue weighted by molar-refractivity contribution is 8.00. The second-order valence-corrected chi connectivity index (χ2v) is 6.18. The number of anilines is 2. The molecular weight excluding hydrogens is 280 g/mol. The number of benzene rings is 2. The van der Waals surface area contributed by atoms with Crippen molar-refractivity contribution in [1.29, 1.82) is 0 Å². The number of thioether (sulfide) groups is 1. The van der Waals surface area contributed by atoms with E-state index < -0.39 is 0 Å². The van der Waals surface area contributed by atoms with Gasteiger partial charge in [0.05, 0.1) is 5.75 Å². The van der Waals surface area contributed by atoms with Crippen molar-refractivity contribution in [2.75, 3.05) is 16.8 Å². The average Bonchev–Trinajstić information content (AvgIpc) is 2.42. The van der Waals surface area contributed by atoms with Crippen LogP contribution in [0.5, 0.6) is 0 Å². The molecule has 0 unspecified atom stereocenters. The van der Waals surface area contributed by atoms with E-state index in [0.717, 1.165) is 21.8 Å². The van der Waals surface area contributed by atoms with Gasteiger partial charge in [0.2, 0.25) is 5.91 Å². The zero-order chi connectivity index (χ0) is 15.4. The van der Waals surface area contributed by atoms with E-state index in [9.17, 15) is 4.79 Å². The van der Waals surface area contributed by atoms with Crippen LogP contribution in [-0.2, 0) is 4.79 Å². The second kappa shape index (κ2) is 6.68. The van der Waals surface area contributed by atoms with Crippen LogP contribution in [0.1, 0.15) is 16.7 Å². The van der Waals surface area contributed by atoms with Gasteiger partial charge in [0.1, 0.15) is 0 Å². The number of aryl methyl sites for hydroxylation is 3. The normalized spacial score (nSPS) is 10.4. The van der Waals surface area contributed by atoms with Crippen LogP contribution in [0.15, 0.2) is 41.3 Å². The molecule has 3 N–H and O–H groups in total. The average molecular weight is 300 g/mol. The highest BCUT2D eigenvalue weighted by atomic mass is 32.2. The van der Waals surface area contributed by atoms with E-state index in [1.54, 1.807) is 0 Å². The summed E-state index contributed by atoms with van der Waals surface area (Å²) in [5, 5.41) is 2.93. The lowest BCUT2D eigenvalue weighted by Gasteiger charge is -2.09. The monoisotopic (exact) mass is 300 g/mol. The van der Waals surface area contributed by atoms with Crippen LogP contribution in [0.4, 0.5) is 11.4 Å². The number of nitrogens with two attached hydrogens (primary N) is 1. The summed E-state index contributed by atoms with van der Waals surface area (Å²) in [6.07, 6.45) is 0. The molecular formula is C17H20N2OS. The van der Waals surface area contributed by atoms with Gasteiger partial charge in [-0.15, -0.1) is 11.8 Å². The van der Waals surface area contributed by atoms with Crippen molar-refractivity contribution in [3.8, 4) is 0 Å². The number of hydrogen-bond acceptors (Lipinski definition) is 3. The second-order valence-electron chi connectivity index (χ2n) is 5.16. The van der Waals surface area contributed by atoms with Crippen LogP contribution in [-0.4, -0.2) is 11.7 Å². The number of carbonyl (C=O) groups is 1. The lowest BCUT2D eigenvalue weighted by atomic mass is 10.1. The van der Waals surface area contributed by atoms with E-state index >= 15 is 0 Å². The fourth-order valence-corrected chi connectivity index (χ4v) is 2.80. The SMILES string of the molecule is Cc1ccc(NC(=O)CSc2ccc(N)cc2C)cc1C. The third kappa shape index (κ3) is 4.26. The first-order valence-electron chi connectivity index (χ1n) is 6.82. The Kier molecular flexibility index (Phi) is 4.91. The Balaban J connectivity index is 1.94. The molecule has 0 aromatic heterocycles. The molecule has 110 valence electrons. The number of nitrogens with one attached hydrogen (secondary N) is 1. The van der Waals surface area contributed by atoms with Crippen LogP contribution < -0.4 is 11.1 Å². The Morgan fingerprint density at radius 3 is 2.48 bits per heavy atom. The third-order valence-corrected chi connectivity index (χ3v) is 4.52. The topological polar surface area (TPSA) is 55.1 Å². The minimum absolute atomic E-state index is 0.000483. The maximum absolute atomic E-state index is 12.0. The lowest BCUT2D eigenvalue weighted by molar-refractivity contribution is -0.113. The molecule has 2 aromatic carbocycles. The van der Waals surface area contributed by atoms with Crippen molar-refractivity contribution in [3.05, 3.63) is 53.1 Å². The molecule has 0 aliphatic heterocycles. The van der Waals surface area contributed by atoms with E-state index in [1.807, 2.05) is 50.2 Å². The fraction of sp³-hybridized carbons (Fsp3) is 0.235. The number of carbonyl (C=O) groups excluding carboxylic acids is 1. The molecule has 0 aliphatic carbocycles. The molecule has 2 rings (SSSR count). The summed E-state index contributed by atoms with van der Waals surface area (Å²) in [5.41, 5.74) is 10.8. The molecule has 2 aromatic rings. The number of amides is 1. The Bertz CT molecular complexity index is 668. The summed E-state index contributed by atoms with van der Waals surface area (Å²) in [6.45, 7) is 6.10. The van der Waals surface area contributed by atoms with Gasteiger partial charge in [0.15, 0.2) is 0 Å². The van der Waals surface area contributed by atoms with Crippen molar-refractivity contribution < 1.29 is 4.79 Å². The molecule has 0 aliphatic rings. The Morgan fingerprint density at radius 2 is 1.81 bits per heavy atom. The molecule has 4 heteroatoms. The molecule has 21 heavy (non-hydrogen) atoms. The van der Waals surface area contributed by atoms with Crippen LogP contribution >= 0.6 is 11.8 Å². The van der Waals surface area contributed by atoms with Gasteiger partial charge >= 0.3 is 0 Å². The number of rotatable bonds is 4. The van der Waals surface area contributed by atoms with Gasteiger partial charge in [-0.2, -0.15) is 0 Å². The predicted molar refractivity (Wildman–Crippen MR) is 90.9 cm³/mol. The molecule has 0 heterocycles. The van der Waals surface area contributed by atoms with Crippen molar-refractivity contribution in [2.24, 2.45) is 0 Å². The summed E-state index contributed by atoms with van der Waals surface area (Å²) in [5.74, 6) is 0.386. The molecule has 0 radical (unpaired) electrons. The first-order chi connectivity index (χ1) is 9.95. The Hall–Kier alpha value is -1.94. The van der Waals surface area contributed by atoms with E-state index in [4.69, 9.17) is 5.73 Å². The van der Waals surface area contributed by atoms with Gasteiger partial charge in [-0.05, 0) is 67.8 Å². The van der Waals surface area contributed by atoms with Crippen LogP contribution in [0.25, 0.3) is 0 Å². The highest BCUT2D eigenvalue weighted by Gasteiger charge is 2.06. The molecule has 0 saturated heterocycles. The molecule has 0 spiro atoms. The summed E-state index contributed by atoms with van der Waals surface area (Å²) in [7, 11) is 0. The fourth-order valence-electron chi connectivity index (χ4n) is 1.99. The molecule has 3 nitrogen and oxygen atoms in total. The molecule has 1 amide bonds. The van der Waals surface area contributed by atoms with Gasteiger partial charge in [-0.3, -0.25) is 4.79 Å². The van der Waals surface area contributed by atoms with Crippen molar-refractivity contribution >= 4 is 29.0 Å². The molecule has 0 atom stereocenters. The van der Waals surface area contributed by atoms with E-state index in [0.29, 0.717) is 5.75 Å². The minimum Gasteiger partial charge on any atom is -0.399 e. The highest BCUT2D eigenvalue weighted by Crippen LogP contribution is 2.24. The standard InChI is InChI=1S/C17H20N2OS/c1-11-4-6-15(9-12(11)2)19-17(20)10-21-16-7-5-14(18)8-13(16)3/h4-9H,10,18H2,1-3H3,(H,19,20). The first kappa shape index (κ1) is 15.4. The first-order valence-corrected chi connectivity index (χ1v) is 7.80.